The number of benzene rings is 2. The van der Waals surface area contributed by atoms with Gasteiger partial charge in [0.2, 0.25) is 11.8 Å². The first-order chi connectivity index (χ1) is 22.8. The van der Waals surface area contributed by atoms with Crippen LogP contribution in [0.15, 0.2) is 59.5 Å². The van der Waals surface area contributed by atoms with E-state index >= 15 is 0 Å². The van der Waals surface area contributed by atoms with Crippen molar-refractivity contribution in [2.24, 2.45) is 5.41 Å². The van der Waals surface area contributed by atoms with Crippen LogP contribution in [0.1, 0.15) is 60.2 Å². The second kappa shape index (κ2) is 13.3. The number of aromatic nitrogens is 4. The van der Waals surface area contributed by atoms with Crippen LogP contribution in [0.5, 0.6) is 5.88 Å². The number of nitrogens with zero attached hydrogens (tertiary/aromatic N) is 6. The Bertz CT molecular complexity index is 1980. The van der Waals surface area contributed by atoms with Crippen molar-refractivity contribution >= 4 is 27.7 Å². The summed E-state index contributed by atoms with van der Waals surface area (Å²) in [5, 5.41) is 0. The summed E-state index contributed by atoms with van der Waals surface area (Å²) in [6.45, 7) is 9.12. The normalized spacial score (nSPS) is 16.5. The number of nitrogens with one attached hydrogen (secondary N) is 1. The first-order valence-corrected chi connectivity index (χ1v) is 16.9. The zero-order chi connectivity index (χ0) is 35.9. The van der Waals surface area contributed by atoms with Crippen LogP contribution in [0.25, 0.3) is 11.3 Å². The Kier molecular flexibility index (Phi) is 9.61. The van der Waals surface area contributed by atoms with Gasteiger partial charge in [-0.1, -0.05) is 45.0 Å². The molecule has 0 spiro atoms. The molecule has 0 fully saturated rings. The molecule has 2 aromatic heterocycles. The Morgan fingerprint density at radius 3 is 2.27 bits per heavy atom. The molecule has 1 amide bonds. The fourth-order valence-electron chi connectivity index (χ4n) is 5.63. The molecule has 0 saturated carbocycles. The summed E-state index contributed by atoms with van der Waals surface area (Å²) in [4.78, 5) is 33.9. The number of anilines is 2. The number of aryl methyl sites for hydroxylation is 2. The van der Waals surface area contributed by atoms with Gasteiger partial charge in [-0.2, -0.15) is 18.2 Å². The lowest BCUT2D eigenvalue weighted by Gasteiger charge is -2.35. The Morgan fingerprint density at radius 2 is 1.63 bits per heavy atom. The zero-order valence-electron chi connectivity index (χ0n) is 28.3. The second-order valence-corrected chi connectivity index (χ2v) is 15.1. The van der Waals surface area contributed by atoms with Gasteiger partial charge in [0.25, 0.3) is 15.9 Å². The number of fused-ring (bicyclic) bond motifs is 4. The molecule has 2 aromatic carbocycles. The lowest BCUT2D eigenvalue weighted by Crippen LogP contribution is -2.45. The molecule has 5 rings (SSSR count). The number of carbonyl (C=O) groups excluding carboxylic acids is 1. The van der Waals surface area contributed by atoms with Crippen LogP contribution in [0.3, 0.4) is 0 Å². The highest BCUT2D eigenvalue weighted by Crippen LogP contribution is 2.33. The van der Waals surface area contributed by atoms with Crippen LogP contribution in [0.4, 0.5) is 24.9 Å². The molecule has 15 heteroatoms. The van der Waals surface area contributed by atoms with Gasteiger partial charge in [-0.3, -0.25) is 4.79 Å². The van der Waals surface area contributed by atoms with E-state index in [-0.39, 0.29) is 40.5 Å². The predicted molar refractivity (Wildman–Crippen MR) is 179 cm³/mol. The van der Waals surface area contributed by atoms with E-state index in [1.54, 1.807) is 20.2 Å². The summed E-state index contributed by atoms with van der Waals surface area (Å²) in [6, 6.07) is 12.8. The zero-order valence-corrected chi connectivity index (χ0v) is 29.1. The van der Waals surface area contributed by atoms with Gasteiger partial charge in [-0.15, -0.1) is 0 Å². The maximum atomic E-state index is 14.4. The average molecular weight is 698 g/mol. The molecule has 0 radical (unpaired) electrons. The van der Waals surface area contributed by atoms with Crippen LogP contribution in [-0.2, 0) is 22.7 Å². The van der Waals surface area contributed by atoms with Gasteiger partial charge in [-0.25, -0.2) is 28.1 Å². The van der Waals surface area contributed by atoms with Crippen LogP contribution < -0.4 is 14.4 Å². The van der Waals surface area contributed by atoms with Gasteiger partial charge in [0, 0.05) is 37.4 Å². The third kappa shape index (κ3) is 8.27. The second-order valence-electron chi connectivity index (χ2n) is 13.4. The number of alkyl halides is 3. The predicted octanol–water partition coefficient (Wildman–Crippen LogP) is 6.28. The summed E-state index contributed by atoms with van der Waals surface area (Å²) in [7, 11) is -1.21. The SMILES string of the molecule is Cc1cccc(C)c1-c1cc2nc(n1)NS(=O)(=O)c1cccc(c1)C(=O)N(Cc1nc(N(C)C)cc(C(F)(F)F)n1)[C@H](CC(C)(C)C)CO2. The summed E-state index contributed by atoms with van der Waals surface area (Å²) < 4.78 is 77.7. The van der Waals surface area contributed by atoms with Gasteiger partial charge in [0.05, 0.1) is 23.2 Å². The van der Waals surface area contributed by atoms with E-state index in [4.69, 9.17) is 4.74 Å². The standard InChI is InChI=1S/C34H38F3N7O4S/c1-20-10-8-11-21(2)30(20)25-15-29-41-32(38-25)42-49(46,47)24-13-9-12-22(14-24)31(45)44(23(19-48-29)17-33(3,4)5)18-27-39-26(34(35,36)37)16-28(40-27)43(6)7/h8-16,23H,17-19H2,1-7H3,(H,38,41,42)/t23-/m1/s1. The Labute approximate surface area is 283 Å². The Morgan fingerprint density at radius 1 is 0.959 bits per heavy atom. The quantitative estimate of drug-likeness (QED) is 0.256. The van der Waals surface area contributed by atoms with E-state index in [0.29, 0.717) is 12.1 Å². The molecule has 3 heterocycles. The monoisotopic (exact) mass is 697 g/mol. The molecular formula is C34H38F3N7O4S. The molecule has 0 aliphatic carbocycles. The summed E-state index contributed by atoms with van der Waals surface area (Å²) in [5.41, 5.74) is 1.41. The Balaban J connectivity index is 1.70. The third-order valence-corrected chi connectivity index (χ3v) is 9.18. The van der Waals surface area contributed by atoms with Crippen molar-refractivity contribution in [3.8, 4) is 17.1 Å². The number of ether oxygens (including phenoxy) is 1. The summed E-state index contributed by atoms with van der Waals surface area (Å²) >= 11 is 0. The number of rotatable bonds is 5. The fraction of sp³-hybridized carbons (Fsp3) is 0.382. The highest BCUT2D eigenvalue weighted by Gasteiger charge is 2.36. The lowest BCUT2D eigenvalue weighted by molar-refractivity contribution is -0.141. The van der Waals surface area contributed by atoms with Crippen molar-refractivity contribution < 1.29 is 31.1 Å². The molecule has 0 unspecified atom stereocenters. The first-order valence-electron chi connectivity index (χ1n) is 15.5. The van der Waals surface area contributed by atoms with Crippen molar-refractivity contribution in [1.29, 1.82) is 0 Å². The van der Waals surface area contributed by atoms with Gasteiger partial charge in [-0.05, 0) is 55.0 Å². The molecule has 11 nitrogen and oxygen atoms in total. The molecule has 49 heavy (non-hydrogen) atoms. The minimum Gasteiger partial charge on any atom is -0.475 e. The number of hydrogen-bond acceptors (Lipinski definition) is 9. The summed E-state index contributed by atoms with van der Waals surface area (Å²) in [6.07, 6.45) is -4.43. The topological polar surface area (TPSA) is 131 Å². The van der Waals surface area contributed by atoms with Crippen molar-refractivity contribution in [2.75, 3.05) is 30.3 Å². The average Bonchev–Trinajstić information content (AvgIpc) is 3.00. The lowest BCUT2D eigenvalue weighted by atomic mass is 9.87. The highest BCUT2D eigenvalue weighted by atomic mass is 32.2. The largest absolute Gasteiger partial charge is 0.475 e. The maximum absolute atomic E-state index is 14.4. The highest BCUT2D eigenvalue weighted by molar-refractivity contribution is 7.92. The van der Waals surface area contributed by atoms with Gasteiger partial charge < -0.3 is 14.5 Å². The van der Waals surface area contributed by atoms with E-state index in [1.165, 1.54) is 34.1 Å². The Hall–Kier alpha value is -4.79. The minimum atomic E-state index is -4.77. The molecule has 4 bridgehead atoms. The molecule has 4 aromatic rings. The van der Waals surface area contributed by atoms with E-state index in [1.807, 2.05) is 52.8 Å². The maximum Gasteiger partial charge on any atom is 0.433 e. The molecule has 1 aliphatic rings. The van der Waals surface area contributed by atoms with Gasteiger partial charge in [0.15, 0.2) is 5.82 Å². The number of hydrogen-bond donors (Lipinski definition) is 1. The van der Waals surface area contributed by atoms with Gasteiger partial charge >= 0.3 is 6.18 Å². The van der Waals surface area contributed by atoms with E-state index in [2.05, 4.69) is 24.7 Å². The van der Waals surface area contributed by atoms with Crippen molar-refractivity contribution in [3.63, 3.8) is 0 Å². The van der Waals surface area contributed by atoms with Crippen molar-refractivity contribution in [3.05, 3.63) is 82.8 Å². The fourth-order valence-corrected chi connectivity index (χ4v) is 6.62. The smallest absolute Gasteiger partial charge is 0.433 e. The number of sulfonamides is 1. The van der Waals surface area contributed by atoms with E-state index in [9.17, 15) is 26.4 Å². The first kappa shape index (κ1) is 35.5. The molecular weight excluding hydrogens is 659 g/mol. The number of halogens is 3. The number of amides is 1. The van der Waals surface area contributed by atoms with E-state index in [0.717, 1.165) is 22.8 Å². The van der Waals surface area contributed by atoms with Crippen molar-refractivity contribution in [2.45, 2.75) is 64.7 Å². The van der Waals surface area contributed by atoms with Crippen molar-refractivity contribution in [1.82, 2.24) is 24.8 Å². The van der Waals surface area contributed by atoms with Crippen LogP contribution >= 0.6 is 0 Å². The minimum absolute atomic E-state index is 0.00550. The molecule has 0 saturated heterocycles. The third-order valence-electron chi connectivity index (χ3n) is 7.85. The van der Waals surface area contributed by atoms with Gasteiger partial charge in [0.1, 0.15) is 18.1 Å². The van der Waals surface area contributed by atoms with Crippen LogP contribution in [0.2, 0.25) is 0 Å². The van der Waals surface area contributed by atoms with Crippen LogP contribution in [-0.4, -0.2) is 65.9 Å². The molecule has 1 N–H and O–H groups in total. The van der Waals surface area contributed by atoms with E-state index < -0.39 is 45.8 Å². The molecule has 1 atom stereocenters. The number of carbonyl (C=O) groups is 1. The molecule has 1 aliphatic heterocycles. The molecule has 260 valence electrons. The summed E-state index contributed by atoms with van der Waals surface area (Å²) in [5.74, 6) is -1.08. The van der Waals surface area contributed by atoms with Crippen LogP contribution in [0, 0.1) is 19.3 Å².